The predicted octanol–water partition coefficient (Wildman–Crippen LogP) is 1.86. The van der Waals surface area contributed by atoms with Crippen molar-refractivity contribution < 1.29 is 0 Å². The van der Waals surface area contributed by atoms with E-state index >= 15 is 0 Å². The summed E-state index contributed by atoms with van der Waals surface area (Å²) < 4.78 is 1.25. The normalized spacial score (nSPS) is 21.0. The number of likely N-dealkylation sites (N-methyl/N-ethyl adjacent to an activating group) is 1. The number of fused-ring (bicyclic) bond motifs is 1. The van der Waals surface area contributed by atoms with Crippen LogP contribution in [0.4, 0.5) is 5.82 Å². The number of hydrogen-bond acceptors (Lipinski definition) is 5. The number of piperidine rings is 1. The summed E-state index contributed by atoms with van der Waals surface area (Å²) in [6.45, 7) is 8.06. The van der Waals surface area contributed by atoms with E-state index in [9.17, 15) is 0 Å². The van der Waals surface area contributed by atoms with Gasteiger partial charge in [-0.15, -0.1) is 11.3 Å². The summed E-state index contributed by atoms with van der Waals surface area (Å²) >= 11 is 1.74. The molecule has 0 spiro atoms. The molecule has 1 aliphatic heterocycles. The molecule has 0 amide bonds. The highest BCUT2D eigenvalue weighted by atomic mass is 32.1. The molecular formula is C18H24N4S. The lowest BCUT2D eigenvalue weighted by molar-refractivity contribution is 0.261. The Hall–Kier alpha value is -1.85. The van der Waals surface area contributed by atoms with E-state index in [-0.39, 0.29) is 0 Å². The Balaban J connectivity index is 2.10. The van der Waals surface area contributed by atoms with Crippen molar-refractivity contribution in [1.82, 2.24) is 9.88 Å². The van der Waals surface area contributed by atoms with Gasteiger partial charge in [-0.05, 0) is 50.9 Å². The largest absolute Gasteiger partial charge is 0.399 e. The molecule has 23 heavy (non-hydrogen) atoms. The quantitative estimate of drug-likeness (QED) is 0.903. The first kappa shape index (κ1) is 16.0. The van der Waals surface area contributed by atoms with Crippen LogP contribution < -0.4 is 21.6 Å². The van der Waals surface area contributed by atoms with E-state index in [1.165, 1.54) is 29.5 Å². The van der Waals surface area contributed by atoms with Crippen molar-refractivity contribution in [1.29, 1.82) is 0 Å². The maximum absolute atomic E-state index is 5.79. The van der Waals surface area contributed by atoms with Crippen LogP contribution in [0.25, 0.3) is 22.2 Å². The lowest BCUT2D eigenvalue weighted by atomic mass is 10.1. The van der Waals surface area contributed by atoms with Gasteiger partial charge in [0.1, 0.15) is 5.82 Å². The average molecular weight is 328 g/mol. The molecular weight excluding hydrogens is 304 g/mol. The predicted molar refractivity (Wildman–Crippen MR) is 101 cm³/mol. The molecule has 3 heterocycles. The number of rotatable bonds is 3. The van der Waals surface area contributed by atoms with E-state index in [0.717, 1.165) is 22.9 Å². The fourth-order valence-electron chi connectivity index (χ4n) is 3.21. The van der Waals surface area contributed by atoms with Crippen LogP contribution in [0.15, 0.2) is 23.7 Å². The summed E-state index contributed by atoms with van der Waals surface area (Å²) in [4.78, 5) is 7.22. The number of aromatic nitrogens is 1. The van der Waals surface area contributed by atoms with Crippen LogP contribution >= 0.6 is 11.3 Å². The number of likely N-dealkylation sites (tertiary alicyclic amines) is 1. The molecule has 4 nitrogen and oxygen atoms in total. The third-order valence-electron chi connectivity index (χ3n) is 4.25. The van der Waals surface area contributed by atoms with E-state index in [2.05, 4.69) is 41.4 Å². The zero-order valence-corrected chi connectivity index (χ0v) is 14.6. The van der Waals surface area contributed by atoms with E-state index in [1.54, 1.807) is 11.3 Å². The van der Waals surface area contributed by atoms with E-state index < -0.39 is 0 Å². The summed E-state index contributed by atoms with van der Waals surface area (Å²) in [5.74, 6) is 0.958. The third kappa shape index (κ3) is 3.41. The Morgan fingerprint density at radius 2 is 2.39 bits per heavy atom. The number of pyridine rings is 1. The van der Waals surface area contributed by atoms with Crippen LogP contribution in [0.1, 0.15) is 19.8 Å². The Bertz CT molecular complexity index is 837. The number of hydrogen-bond donors (Lipinski definition) is 2. The topological polar surface area (TPSA) is 54.2 Å². The summed E-state index contributed by atoms with van der Waals surface area (Å²) in [5.41, 5.74) is 6.32. The second kappa shape index (κ2) is 6.72. The van der Waals surface area contributed by atoms with Crippen LogP contribution in [0.3, 0.4) is 0 Å². The van der Waals surface area contributed by atoms with Crippen LogP contribution in [-0.4, -0.2) is 36.1 Å². The van der Waals surface area contributed by atoms with Crippen LogP contribution in [0.2, 0.25) is 0 Å². The second-order valence-corrected chi connectivity index (χ2v) is 7.09. The maximum Gasteiger partial charge on any atom is 0.135 e. The van der Waals surface area contributed by atoms with Crippen LogP contribution in [0.5, 0.6) is 0 Å². The summed E-state index contributed by atoms with van der Waals surface area (Å²) in [6, 6.07) is 2.59. The van der Waals surface area contributed by atoms with E-state index in [0.29, 0.717) is 11.7 Å². The third-order valence-corrected chi connectivity index (χ3v) is 5.20. The molecule has 122 valence electrons. The molecule has 0 radical (unpaired) electrons. The number of thiophene rings is 1. The Morgan fingerprint density at radius 3 is 3.09 bits per heavy atom. The Morgan fingerprint density at radius 1 is 1.57 bits per heavy atom. The van der Waals surface area contributed by atoms with E-state index in [1.807, 2.05) is 13.0 Å². The standard InChI is InChI=1S/C18H24N4S/c1-4-14-16(10-12(2)19)21-18(15-7-9-23-17(14)15)20-13-6-5-8-22(3)11-13/h4,7,9-10,13H,2,5-6,8,11,19H2,1,3H3,(H,20,21)/b14-4+,16-10+. The smallest absolute Gasteiger partial charge is 0.135 e. The SMILES string of the molecule is C=C(N)/C=c1/nc(NC2CCCN(C)C2)c2ccsc2/c1=C/C. The van der Waals surface area contributed by atoms with Gasteiger partial charge in [-0.25, -0.2) is 4.98 Å². The van der Waals surface area contributed by atoms with Gasteiger partial charge < -0.3 is 16.0 Å². The fraction of sp³-hybridized carbons (Fsp3) is 0.389. The van der Waals surface area contributed by atoms with Gasteiger partial charge in [0, 0.05) is 33.6 Å². The molecule has 2 aromatic rings. The maximum atomic E-state index is 5.79. The molecule has 3 N–H and O–H groups in total. The first-order valence-corrected chi connectivity index (χ1v) is 8.91. The van der Waals surface area contributed by atoms with E-state index in [4.69, 9.17) is 10.7 Å². The highest BCUT2D eigenvalue weighted by molar-refractivity contribution is 7.17. The zero-order valence-electron chi connectivity index (χ0n) is 13.8. The fourth-order valence-corrected chi connectivity index (χ4v) is 4.20. The summed E-state index contributed by atoms with van der Waals surface area (Å²) in [7, 11) is 2.17. The number of nitrogens with two attached hydrogens (primary N) is 1. The molecule has 5 heteroatoms. The van der Waals surface area contributed by atoms with Crippen molar-refractivity contribution in [3.05, 3.63) is 34.3 Å². The lowest BCUT2D eigenvalue weighted by Crippen LogP contribution is -2.40. The van der Waals surface area contributed by atoms with Crippen LogP contribution in [-0.2, 0) is 0 Å². The highest BCUT2D eigenvalue weighted by Gasteiger charge is 2.18. The molecule has 1 saturated heterocycles. The molecule has 0 aromatic carbocycles. The van der Waals surface area contributed by atoms with Crippen molar-refractivity contribution in [2.75, 3.05) is 25.5 Å². The molecule has 1 fully saturated rings. The first-order chi connectivity index (χ1) is 11.1. The Labute approximate surface area is 141 Å². The highest BCUT2D eigenvalue weighted by Crippen LogP contribution is 2.24. The summed E-state index contributed by atoms with van der Waals surface area (Å²) in [5, 5.41) is 8.99. The van der Waals surface area contributed by atoms with Crippen molar-refractivity contribution in [3.63, 3.8) is 0 Å². The van der Waals surface area contributed by atoms with Crippen molar-refractivity contribution in [3.8, 4) is 0 Å². The molecule has 0 aliphatic carbocycles. The van der Waals surface area contributed by atoms with Gasteiger partial charge in [-0.3, -0.25) is 0 Å². The molecule has 1 aliphatic rings. The van der Waals surface area contributed by atoms with Crippen LogP contribution in [0, 0.1) is 0 Å². The van der Waals surface area contributed by atoms with Gasteiger partial charge in [-0.1, -0.05) is 12.7 Å². The molecule has 2 aromatic heterocycles. The number of nitrogens with one attached hydrogen (secondary N) is 1. The number of nitrogens with zero attached hydrogens (tertiary/aromatic N) is 2. The number of allylic oxidation sites excluding steroid dienone is 1. The second-order valence-electron chi connectivity index (χ2n) is 6.18. The minimum absolute atomic E-state index is 0.440. The van der Waals surface area contributed by atoms with Gasteiger partial charge in [0.05, 0.1) is 5.35 Å². The molecule has 0 saturated carbocycles. The minimum atomic E-state index is 0.440. The zero-order chi connectivity index (χ0) is 16.4. The first-order valence-electron chi connectivity index (χ1n) is 8.03. The van der Waals surface area contributed by atoms with Gasteiger partial charge in [0.25, 0.3) is 0 Å². The number of anilines is 1. The lowest BCUT2D eigenvalue weighted by Gasteiger charge is -2.30. The molecule has 1 unspecified atom stereocenters. The molecule has 0 bridgehead atoms. The van der Waals surface area contributed by atoms with Crippen molar-refractivity contribution >= 4 is 39.4 Å². The van der Waals surface area contributed by atoms with Gasteiger partial charge in [0.2, 0.25) is 0 Å². The minimum Gasteiger partial charge on any atom is -0.399 e. The summed E-state index contributed by atoms with van der Waals surface area (Å²) in [6.07, 6.45) is 6.35. The average Bonchev–Trinajstić information content (AvgIpc) is 2.96. The Kier molecular flexibility index (Phi) is 4.68. The van der Waals surface area contributed by atoms with Gasteiger partial charge >= 0.3 is 0 Å². The molecule has 3 rings (SSSR count). The molecule has 1 atom stereocenters. The van der Waals surface area contributed by atoms with Gasteiger partial charge in [0.15, 0.2) is 0 Å². The van der Waals surface area contributed by atoms with Crippen molar-refractivity contribution in [2.24, 2.45) is 5.73 Å². The monoisotopic (exact) mass is 328 g/mol. The van der Waals surface area contributed by atoms with Crippen molar-refractivity contribution in [2.45, 2.75) is 25.8 Å². The van der Waals surface area contributed by atoms with Gasteiger partial charge in [-0.2, -0.15) is 0 Å².